The standard InChI is InChI=1S/C12H26N2/c1-5-11-9-14(8-7-13-11)12(6-2)10(3)4/h10-13H,5-9H2,1-4H3. The fraction of sp³-hybridized carbons (Fsp3) is 1.00. The maximum absolute atomic E-state index is 3.57. The second-order valence-corrected chi connectivity index (χ2v) is 4.77. The molecule has 2 heteroatoms. The molecule has 0 bridgehead atoms. The monoisotopic (exact) mass is 198 g/mol. The quantitative estimate of drug-likeness (QED) is 0.744. The highest BCUT2D eigenvalue weighted by Crippen LogP contribution is 2.16. The van der Waals surface area contributed by atoms with Crippen molar-refractivity contribution < 1.29 is 0 Å². The lowest BCUT2D eigenvalue weighted by Crippen LogP contribution is -2.54. The third kappa shape index (κ3) is 2.96. The molecule has 1 aliphatic heterocycles. The molecule has 0 amide bonds. The molecular weight excluding hydrogens is 172 g/mol. The highest BCUT2D eigenvalue weighted by molar-refractivity contribution is 4.83. The van der Waals surface area contributed by atoms with Gasteiger partial charge in [0.2, 0.25) is 0 Å². The Labute approximate surface area is 89.1 Å². The Hall–Kier alpha value is -0.0800. The average molecular weight is 198 g/mol. The third-order valence-corrected chi connectivity index (χ3v) is 3.44. The van der Waals surface area contributed by atoms with Crippen LogP contribution in [0.2, 0.25) is 0 Å². The van der Waals surface area contributed by atoms with Gasteiger partial charge in [-0.2, -0.15) is 0 Å². The van der Waals surface area contributed by atoms with Crippen LogP contribution in [0.15, 0.2) is 0 Å². The highest BCUT2D eigenvalue weighted by atomic mass is 15.2. The smallest absolute Gasteiger partial charge is 0.0193 e. The zero-order chi connectivity index (χ0) is 10.6. The molecule has 0 aromatic rings. The van der Waals surface area contributed by atoms with Crippen LogP contribution in [0.4, 0.5) is 0 Å². The van der Waals surface area contributed by atoms with E-state index in [1.807, 2.05) is 0 Å². The molecule has 84 valence electrons. The van der Waals surface area contributed by atoms with Gasteiger partial charge in [0.05, 0.1) is 0 Å². The Balaban J connectivity index is 2.48. The lowest BCUT2D eigenvalue weighted by molar-refractivity contribution is 0.108. The topological polar surface area (TPSA) is 15.3 Å². The highest BCUT2D eigenvalue weighted by Gasteiger charge is 2.25. The van der Waals surface area contributed by atoms with E-state index in [4.69, 9.17) is 0 Å². The minimum atomic E-state index is 0.719. The Kier molecular flexibility index (Phi) is 4.90. The van der Waals surface area contributed by atoms with Gasteiger partial charge in [0.1, 0.15) is 0 Å². The summed E-state index contributed by atoms with van der Waals surface area (Å²) in [7, 11) is 0. The van der Waals surface area contributed by atoms with Crippen molar-refractivity contribution in [1.82, 2.24) is 10.2 Å². The number of hydrogen-bond donors (Lipinski definition) is 1. The summed E-state index contributed by atoms with van der Waals surface area (Å²) in [5.41, 5.74) is 0. The zero-order valence-electron chi connectivity index (χ0n) is 10.2. The van der Waals surface area contributed by atoms with E-state index in [0.29, 0.717) is 0 Å². The van der Waals surface area contributed by atoms with E-state index >= 15 is 0 Å². The summed E-state index contributed by atoms with van der Waals surface area (Å²) in [4.78, 5) is 2.68. The van der Waals surface area contributed by atoms with Gasteiger partial charge in [-0.1, -0.05) is 27.7 Å². The van der Waals surface area contributed by atoms with Crippen LogP contribution >= 0.6 is 0 Å². The first kappa shape index (κ1) is 12.0. The molecule has 2 atom stereocenters. The normalized spacial score (nSPS) is 26.8. The largest absolute Gasteiger partial charge is 0.311 e. The Morgan fingerprint density at radius 1 is 1.36 bits per heavy atom. The van der Waals surface area contributed by atoms with E-state index in [-0.39, 0.29) is 0 Å². The molecule has 0 aliphatic carbocycles. The van der Waals surface area contributed by atoms with Crippen molar-refractivity contribution in [3.63, 3.8) is 0 Å². The van der Waals surface area contributed by atoms with Gasteiger partial charge >= 0.3 is 0 Å². The number of rotatable bonds is 4. The van der Waals surface area contributed by atoms with Crippen LogP contribution in [0.1, 0.15) is 40.5 Å². The number of piperazine rings is 1. The van der Waals surface area contributed by atoms with Gasteiger partial charge in [-0.05, 0) is 18.8 Å². The zero-order valence-corrected chi connectivity index (χ0v) is 10.2. The van der Waals surface area contributed by atoms with Crippen molar-refractivity contribution in [2.24, 2.45) is 5.92 Å². The maximum atomic E-state index is 3.57. The molecule has 0 radical (unpaired) electrons. The number of hydrogen-bond acceptors (Lipinski definition) is 2. The van der Waals surface area contributed by atoms with Crippen LogP contribution in [0.3, 0.4) is 0 Å². The van der Waals surface area contributed by atoms with Gasteiger partial charge in [0.15, 0.2) is 0 Å². The molecule has 2 nitrogen and oxygen atoms in total. The Bertz CT molecular complexity index is 156. The van der Waals surface area contributed by atoms with Crippen LogP contribution < -0.4 is 5.32 Å². The van der Waals surface area contributed by atoms with E-state index < -0.39 is 0 Å². The molecule has 14 heavy (non-hydrogen) atoms. The molecule has 0 saturated carbocycles. The molecule has 2 unspecified atom stereocenters. The summed E-state index contributed by atoms with van der Waals surface area (Å²) >= 11 is 0. The summed E-state index contributed by atoms with van der Waals surface area (Å²) < 4.78 is 0. The van der Waals surface area contributed by atoms with E-state index in [9.17, 15) is 0 Å². The number of nitrogens with zero attached hydrogens (tertiary/aromatic N) is 1. The minimum absolute atomic E-state index is 0.719. The Morgan fingerprint density at radius 3 is 2.57 bits per heavy atom. The van der Waals surface area contributed by atoms with Crippen LogP contribution in [0.25, 0.3) is 0 Å². The number of nitrogens with one attached hydrogen (secondary N) is 1. The predicted octanol–water partition coefficient (Wildman–Crippen LogP) is 2.10. The molecular formula is C12H26N2. The summed E-state index contributed by atoms with van der Waals surface area (Å²) in [6.45, 7) is 12.9. The van der Waals surface area contributed by atoms with Crippen molar-refractivity contribution in [3.05, 3.63) is 0 Å². The fourth-order valence-electron chi connectivity index (χ4n) is 2.58. The molecule has 0 aromatic heterocycles. The van der Waals surface area contributed by atoms with E-state index in [1.54, 1.807) is 0 Å². The molecule has 1 aliphatic rings. The van der Waals surface area contributed by atoms with Gasteiger partial charge in [-0.3, -0.25) is 4.90 Å². The van der Waals surface area contributed by atoms with Crippen LogP contribution in [0.5, 0.6) is 0 Å². The van der Waals surface area contributed by atoms with E-state index in [2.05, 4.69) is 37.9 Å². The van der Waals surface area contributed by atoms with Gasteiger partial charge in [-0.25, -0.2) is 0 Å². The SMILES string of the molecule is CCC1CN(C(CC)C(C)C)CCN1. The molecule has 1 fully saturated rings. The van der Waals surface area contributed by atoms with Crippen molar-refractivity contribution in [2.45, 2.75) is 52.6 Å². The second-order valence-electron chi connectivity index (χ2n) is 4.77. The van der Waals surface area contributed by atoms with Crippen molar-refractivity contribution >= 4 is 0 Å². The molecule has 1 saturated heterocycles. The molecule has 1 rings (SSSR count). The summed E-state index contributed by atoms with van der Waals surface area (Å²) in [5.74, 6) is 0.788. The van der Waals surface area contributed by atoms with Crippen molar-refractivity contribution in [3.8, 4) is 0 Å². The van der Waals surface area contributed by atoms with E-state index in [0.717, 1.165) is 18.0 Å². The molecule has 0 spiro atoms. The third-order valence-electron chi connectivity index (χ3n) is 3.44. The average Bonchev–Trinajstić information content (AvgIpc) is 2.19. The van der Waals surface area contributed by atoms with Crippen LogP contribution in [-0.4, -0.2) is 36.6 Å². The summed E-state index contributed by atoms with van der Waals surface area (Å²) in [6.07, 6.45) is 2.54. The lowest BCUT2D eigenvalue weighted by Gasteiger charge is -2.40. The maximum Gasteiger partial charge on any atom is 0.0193 e. The molecule has 0 aromatic carbocycles. The molecule has 1 N–H and O–H groups in total. The lowest BCUT2D eigenvalue weighted by atomic mass is 9.98. The minimum Gasteiger partial charge on any atom is -0.311 e. The van der Waals surface area contributed by atoms with Gasteiger partial charge in [0, 0.05) is 31.7 Å². The fourth-order valence-corrected chi connectivity index (χ4v) is 2.58. The first-order valence-electron chi connectivity index (χ1n) is 6.16. The van der Waals surface area contributed by atoms with Gasteiger partial charge in [0.25, 0.3) is 0 Å². The van der Waals surface area contributed by atoms with Crippen molar-refractivity contribution in [2.75, 3.05) is 19.6 Å². The summed E-state index contributed by atoms with van der Waals surface area (Å²) in [6, 6.07) is 1.50. The summed E-state index contributed by atoms with van der Waals surface area (Å²) in [5, 5.41) is 3.57. The first-order chi connectivity index (χ1) is 6.69. The molecule has 1 heterocycles. The van der Waals surface area contributed by atoms with Gasteiger partial charge in [-0.15, -0.1) is 0 Å². The second kappa shape index (κ2) is 5.72. The van der Waals surface area contributed by atoms with E-state index in [1.165, 1.54) is 32.5 Å². The van der Waals surface area contributed by atoms with Crippen LogP contribution in [-0.2, 0) is 0 Å². The Morgan fingerprint density at radius 2 is 2.07 bits per heavy atom. The first-order valence-corrected chi connectivity index (χ1v) is 6.16. The van der Waals surface area contributed by atoms with Gasteiger partial charge < -0.3 is 5.32 Å². The predicted molar refractivity (Wildman–Crippen MR) is 62.6 cm³/mol. The van der Waals surface area contributed by atoms with Crippen LogP contribution in [0, 0.1) is 5.92 Å². The van der Waals surface area contributed by atoms with Crippen molar-refractivity contribution in [1.29, 1.82) is 0 Å².